The first-order valence-corrected chi connectivity index (χ1v) is 6.84. The number of ether oxygens (including phenoxy) is 1. The Balaban J connectivity index is 2.09. The van der Waals surface area contributed by atoms with Gasteiger partial charge in [-0.05, 0) is 19.1 Å². The van der Waals surface area contributed by atoms with Crippen molar-refractivity contribution in [2.24, 2.45) is 0 Å². The van der Waals surface area contributed by atoms with Crippen molar-refractivity contribution in [2.45, 2.75) is 19.5 Å². The first-order valence-electron chi connectivity index (χ1n) is 6.46. The third-order valence-corrected chi connectivity index (χ3v) is 3.58. The molecule has 0 amide bonds. The monoisotopic (exact) mass is 291 g/mol. The molecule has 0 fully saturated rings. The molecule has 0 radical (unpaired) electrons. The number of phenols is 1. The standard InChI is InChI=1S/C16H18ClNO2/c1-11(13-7-3-4-9-15(13)20-2)18-10-12-6-5-8-14(17)16(12)19/h3-9,11,18-19H,10H2,1-2H3. The fraction of sp³-hybridized carbons (Fsp3) is 0.250. The Morgan fingerprint density at radius 2 is 1.95 bits per heavy atom. The van der Waals surface area contributed by atoms with Crippen molar-refractivity contribution in [1.82, 2.24) is 5.32 Å². The SMILES string of the molecule is COc1ccccc1C(C)NCc1cccc(Cl)c1O. The minimum atomic E-state index is 0.101. The zero-order chi connectivity index (χ0) is 14.5. The summed E-state index contributed by atoms with van der Waals surface area (Å²) in [7, 11) is 1.66. The van der Waals surface area contributed by atoms with E-state index in [1.807, 2.05) is 36.4 Å². The number of phenolic OH excluding ortho intramolecular Hbond substituents is 1. The number of hydrogen-bond donors (Lipinski definition) is 2. The predicted octanol–water partition coefficient (Wildman–Crippen LogP) is 3.91. The van der Waals surface area contributed by atoms with E-state index in [-0.39, 0.29) is 11.8 Å². The molecule has 0 aromatic heterocycles. The summed E-state index contributed by atoms with van der Waals surface area (Å²) >= 11 is 5.90. The van der Waals surface area contributed by atoms with Gasteiger partial charge in [-0.1, -0.05) is 41.9 Å². The number of para-hydroxylation sites is 2. The number of methoxy groups -OCH3 is 1. The molecule has 4 heteroatoms. The molecule has 0 spiro atoms. The number of rotatable bonds is 5. The van der Waals surface area contributed by atoms with Gasteiger partial charge in [-0.3, -0.25) is 0 Å². The summed E-state index contributed by atoms with van der Waals surface area (Å²) in [5.74, 6) is 0.983. The highest BCUT2D eigenvalue weighted by Gasteiger charge is 2.11. The average molecular weight is 292 g/mol. The second kappa shape index (κ2) is 6.64. The first-order chi connectivity index (χ1) is 9.63. The van der Waals surface area contributed by atoms with E-state index in [2.05, 4.69) is 12.2 Å². The summed E-state index contributed by atoms with van der Waals surface area (Å²) in [6.07, 6.45) is 0. The van der Waals surface area contributed by atoms with Crippen LogP contribution in [0.3, 0.4) is 0 Å². The molecule has 1 atom stereocenters. The molecular formula is C16H18ClNO2. The Kier molecular flexibility index (Phi) is 4.88. The van der Waals surface area contributed by atoms with Crippen LogP contribution in [-0.2, 0) is 6.54 Å². The van der Waals surface area contributed by atoms with Crippen LogP contribution in [0.2, 0.25) is 5.02 Å². The Labute approximate surface area is 124 Å². The molecule has 2 aromatic rings. The van der Waals surface area contributed by atoms with E-state index in [4.69, 9.17) is 16.3 Å². The summed E-state index contributed by atoms with van der Waals surface area (Å²) in [6.45, 7) is 2.59. The van der Waals surface area contributed by atoms with Crippen LogP contribution < -0.4 is 10.1 Å². The molecule has 0 saturated heterocycles. The number of benzene rings is 2. The van der Waals surface area contributed by atoms with Gasteiger partial charge in [-0.15, -0.1) is 0 Å². The molecule has 0 aliphatic rings. The fourth-order valence-corrected chi connectivity index (χ4v) is 2.29. The second-order valence-corrected chi connectivity index (χ2v) is 5.00. The van der Waals surface area contributed by atoms with Crippen LogP contribution in [0.15, 0.2) is 42.5 Å². The van der Waals surface area contributed by atoms with Crippen molar-refractivity contribution >= 4 is 11.6 Å². The Morgan fingerprint density at radius 3 is 2.70 bits per heavy atom. The van der Waals surface area contributed by atoms with Crippen LogP contribution in [-0.4, -0.2) is 12.2 Å². The van der Waals surface area contributed by atoms with E-state index in [1.54, 1.807) is 13.2 Å². The van der Waals surface area contributed by atoms with Crippen LogP contribution in [0.4, 0.5) is 0 Å². The Bertz CT molecular complexity index is 586. The predicted molar refractivity (Wildman–Crippen MR) is 81.4 cm³/mol. The number of aromatic hydroxyl groups is 1. The van der Waals surface area contributed by atoms with Gasteiger partial charge < -0.3 is 15.2 Å². The number of nitrogens with one attached hydrogen (secondary N) is 1. The smallest absolute Gasteiger partial charge is 0.138 e. The molecule has 0 saturated carbocycles. The van der Waals surface area contributed by atoms with Crippen LogP contribution in [0.25, 0.3) is 0 Å². The lowest BCUT2D eigenvalue weighted by Crippen LogP contribution is -2.18. The van der Waals surface area contributed by atoms with Crippen LogP contribution in [0, 0.1) is 0 Å². The molecule has 20 heavy (non-hydrogen) atoms. The van der Waals surface area contributed by atoms with Gasteiger partial charge in [0.05, 0.1) is 12.1 Å². The summed E-state index contributed by atoms with van der Waals surface area (Å²) in [6, 6.07) is 13.3. The molecule has 0 heterocycles. The van der Waals surface area contributed by atoms with Gasteiger partial charge in [0.2, 0.25) is 0 Å². The fourth-order valence-electron chi connectivity index (χ4n) is 2.10. The van der Waals surface area contributed by atoms with Crippen LogP contribution >= 0.6 is 11.6 Å². The van der Waals surface area contributed by atoms with Crippen molar-refractivity contribution in [3.05, 3.63) is 58.6 Å². The maximum absolute atomic E-state index is 9.89. The van der Waals surface area contributed by atoms with Gasteiger partial charge in [-0.25, -0.2) is 0 Å². The van der Waals surface area contributed by atoms with E-state index >= 15 is 0 Å². The van der Waals surface area contributed by atoms with Crippen molar-refractivity contribution in [3.63, 3.8) is 0 Å². The maximum Gasteiger partial charge on any atom is 0.138 e. The van der Waals surface area contributed by atoms with Crippen molar-refractivity contribution in [2.75, 3.05) is 7.11 Å². The van der Waals surface area contributed by atoms with E-state index in [0.29, 0.717) is 11.6 Å². The van der Waals surface area contributed by atoms with Gasteiger partial charge >= 0.3 is 0 Å². The molecule has 2 aromatic carbocycles. The third-order valence-electron chi connectivity index (χ3n) is 3.27. The van der Waals surface area contributed by atoms with E-state index in [9.17, 15) is 5.11 Å². The highest BCUT2D eigenvalue weighted by Crippen LogP contribution is 2.28. The minimum absolute atomic E-state index is 0.101. The Morgan fingerprint density at radius 1 is 1.20 bits per heavy atom. The lowest BCUT2D eigenvalue weighted by Gasteiger charge is -2.17. The summed E-state index contributed by atoms with van der Waals surface area (Å²) in [5, 5.41) is 13.6. The summed E-state index contributed by atoms with van der Waals surface area (Å²) in [5.41, 5.74) is 1.86. The van der Waals surface area contributed by atoms with Crippen LogP contribution in [0.1, 0.15) is 24.1 Å². The molecule has 1 unspecified atom stereocenters. The normalized spacial score (nSPS) is 12.2. The molecule has 0 aliphatic carbocycles. The molecule has 0 aliphatic heterocycles. The molecule has 2 N–H and O–H groups in total. The van der Waals surface area contributed by atoms with Gasteiger partial charge in [-0.2, -0.15) is 0 Å². The lowest BCUT2D eigenvalue weighted by molar-refractivity contribution is 0.401. The van der Waals surface area contributed by atoms with Gasteiger partial charge in [0.15, 0.2) is 0 Å². The molecule has 0 bridgehead atoms. The topological polar surface area (TPSA) is 41.5 Å². The van der Waals surface area contributed by atoms with E-state index in [0.717, 1.165) is 16.9 Å². The zero-order valence-electron chi connectivity index (χ0n) is 11.6. The van der Waals surface area contributed by atoms with Gasteiger partial charge in [0.1, 0.15) is 11.5 Å². The van der Waals surface area contributed by atoms with Crippen molar-refractivity contribution < 1.29 is 9.84 Å². The molecular weight excluding hydrogens is 274 g/mol. The van der Waals surface area contributed by atoms with Gasteiger partial charge in [0.25, 0.3) is 0 Å². The first kappa shape index (κ1) is 14.7. The molecule has 106 valence electrons. The summed E-state index contributed by atoms with van der Waals surface area (Å²) < 4.78 is 5.35. The Hall–Kier alpha value is -1.71. The molecule has 3 nitrogen and oxygen atoms in total. The molecule has 2 rings (SSSR count). The van der Waals surface area contributed by atoms with E-state index < -0.39 is 0 Å². The number of halogens is 1. The second-order valence-electron chi connectivity index (χ2n) is 4.59. The third kappa shape index (κ3) is 3.24. The average Bonchev–Trinajstić information content (AvgIpc) is 2.48. The summed E-state index contributed by atoms with van der Waals surface area (Å²) in [4.78, 5) is 0. The van der Waals surface area contributed by atoms with Crippen LogP contribution in [0.5, 0.6) is 11.5 Å². The van der Waals surface area contributed by atoms with Crippen molar-refractivity contribution in [1.29, 1.82) is 0 Å². The van der Waals surface area contributed by atoms with E-state index in [1.165, 1.54) is 0 Å². The van der Waals surface area contributed by atoms with Gasteiger partial charge in [0, 0.05) is 23.7 Å². The number of hydrogen-bond acceptors (Lipinski definition) is 3. The zero-order valence-corrected chi connectivity index (χ0v) is 12.3. The minimum Gasteiger partial charge on any atom is -0.506 e. The largest absolute Gasteiger partial charge is 0.506 e. The highest BCUT2D eigenvalue weighted by atomic mass is 35.5. The maximum atomic E-state index is 9.89. The highest BCUT2D eigenvalue weighted by molar-refractivity contribution is 6.32. The van der Waals surface area contributed by atoms with Crippen molar-refractivity contribution in [3.8, 4) is 11.5 Å². The lowest BCUT2D eigenvalue weighted by atomic mass is 10.1. The quantitative estimate of drug-likeness (QED) is 0.878.